The van der Waals surface area contributed by atoms with Crippen LogP contribution in [0, 0.1) is 0 Å². The average Bonchev–Trinajstić information content (AvgIpc) is 2.94. The predicted molar refractivity (Wildman–Crippen MR) is 86.6 cm³/mol. The molecule has 1 N–H and O–H groups in total. The largest absolute Gasteiger partial charge is 0.305 e. The number of thiophene rings is 1. The van der Waals surface area contributed by atoms with Crippen LogP contribution in [0.3, 0.4) is 0 Å². The second-order valence-corrected chi connectivity index (χ2v) is 5.93. The molecule has 3 rings (SSSR count). The Morgan fingerprint density at radius 2 is 2.15 bits per heavy atom. The molecule has 0 bridgehead atoms. The number of aromatic nitrogens is 1. The van der Waals surface area contributed by atoms with Gasteiger partial charge in [0.05, 0.1) is 16.8 Å². The Bertz CT molecular complexity index is 706. The first kappa shape index (κ1) is 13.6. The molecule has 2 aromatic heterocycles. The Morgan fingerprint density at radius 3 is 2.90 bits per heavy atom. The van der Waals surface area contributed by atoms with Gasteiger partial charge in [-0.3, -0.25) is 4.98 Å². The lowest BCUT2D eigenvalue weighted by Crippen LogP contribution is -2.22. The van der Waals surface area contributed by atoms with Crippen LogP contribution in [0.1, 0.15) is 24.2 Å². The molecule has 1 unspecified atom stereocenters. The van der Waals surface area contributed by atoms with Gasteiger partial charge in [0.1, 0.15) is 0 Å². The van der Waals surface area contributed by atoms with Crippen LogP contribution in [0.5, 0.6) is 0 Å². The standard InChI is InChI=1S/C16H15ClN2S/c1-2-18-15(14-7-6-12(17)10-19-14)13-5-3-4-11-8-9-20-16(11)13/h3-10,15,18H,2H2,1H3. The number of rotatable bonds is 4. The minimum Gasteiger partial charge on any atom is -0.305 e. The van der Waals surface area contributed by atoms with E-state index in [9.17, 15) is 0 Å². The fourth-order valence-electron chi connectivity index (χ4n) is 2.38. The molecule has 1 atom stereocenters. The first-order valence-electron chi connectivity index (χ1n) is 6.60. The Labute approximate surface area is 127 Å². The Kier molecular flexibility index (Phi) is 4.01. The van der Waals surface area contributed by atoms with Gasteiger partial charge in [-0.05, 0) is 41.1 Å². The smallest absolute Gasteiger partial charge is 0.0765 e. The molecule has 0 aliphatic rings. The number of halogens is 1. The summed E-state index contributed by atoms with van der Waals surface area (Å²) < 4.78 is 1.32. The van der Waals surface area contributed by atoms with Crippen LogP contribution < -0.4 is 5.32 Å². The van der Waals surface area contributed by atoms with E-state index in [0.717, 1.165) is 12.2 Å². The molecule has 102 valence electrons. The van der Waals surface area contributed by atoms with Crippen LogP contribution in [-0.2, 0) is 0 Å². The summed E-state index contributed by atoms with van der Waals surface area (Å²) >= 11 is 7.71. The Morgan fingerprint density at radius 1 is 1.25 bits per heavy atom. The summed E-state index contributed by atoms with van der Waals surface area (Å²) in [5, 5.41) is 7.60. The SMILES string of the molecule is CCNC(c1ccc(Cl)cn1)c1cccc2ccsc12. The van der Waals surface area contributed by atoms with Crippen LogP contribution in [0.15, 0.2) is 48.0 Å². The molecule has 20 heavy (non-hydrogen) atoms. The molecule has 0 aliphatic carbocycles. The fourth-order valence-corrected chi connectivity index (χ4v) is 3.44. The van der Waals surface area contributed by atoms with E-state index < -0.39 is 0 Å². The van der Waals surface area contributed by atoms with Crippen LogP contribution in [0.2, 0.25) is 5.02 Å². The molecule has 0 amide bonds. The van der Waals surface area contributed by atoms with E-state index in [1.165, 1.54) is 15.6 Å². The van der Waals surface area contributed by atoms with Crippen molar-refractivity contribution in [2.45, 2.75) is 13.0 Å². The van der Waals surface area contributed by atoms with Crippen LogP contribution in [0.25, 0.3) is 10.1 Å². The van der Waals surface area contributed by atoms with Crippen molar-refractivity contribution in [3.05, 3.63) is 64.3 Å². The van der Waals surface area contributed by atoms with Gasteiger partial charge in [-0.25, -0.2) is 0 Å². The molecule has 0 fully saturated rings. The lowest BCUT2D eigenvalue weighted by molar-refractivity contribution is 0.620. The lowest BCUT2D eigenvalue weighted by atomic mass is 10.0. The molecule has 0 radical (unpaired) electrons. The molecule has 1 aromatic carbocycles. The predicted octanol–water partition coefficient (Wildman–Crippen LogP) is 4.65. The van der Waals surface area contributed by atoms with Gasteiger partial charge in [0, 0.05) is 10.9 Å². The maximum absolute atomic E-state index is 5.94. The van der Waals surface area contributed by atoms with Crippen molar-refractivity contribution >= 4 is 33.0 Å². The van der Waals surface area contributed by atoms with E-state index in [4.69, 9.17) is 11.6 Å². The zero-order chi connectivity index (χ0) is 13.9. The molecule has 0 saturated heterocycles. The summed E-state index contributed by atoms with van der Waals surface area (Å²) in [6.07, 6.45) is 1.70. The van der Waals surface area contributed by atoms with Crippen molar-refractivity contribution in [1.82, 2.24) is 10.3 Å². The highest BCUT2D eigenvalue weighted by Crippen LogP contribution is 2.31. The van der Waals surface area contributed by atoms with Gasteiger partial charge < -0.3 is 5.32 Å². The van der Waals surface area contributed by atoms with E-state index >= 15 is 0 Å². The van der Waals surface area contributed by atoms with Crippen molar-refractivity contribution in [3.63, 3.8) is 0 Å². The normalized spacial score (nSPS) is 12.7. The number of nitrogens with one attached hydrogen (secondary N) is 1. The Hall–Kier alpha value is -1.42. The highest BCUT2D eigenvalue weighted by Gasteiger charge is 2.17. The number of hydrogen-bond acceptors (Lipinski definition) is 3. The monoisotopic (exact) mass is 302 g/mol. The first-order chi connectivity index (χ1) is 9.79. The molecular formula is C16H15ClN2S. The van der Waals surface area contributed by atoms with Crippen molar-refractivity contribution < 1.29 is 0 Å². The topological polar surface area (TPSA) is 24.9 Å². The average molecular weight is 303 g/mol. The van der Waals surface area contributed by atoms with E-state index in [0.29, 0.717) is 5.02 Å². The van der Waals surface area contributed by atoms with E-state index in [-0.39, 0.29) is 6.04 Å². The zero-order valence-corrected chi connectivity index (χ0v) is 12.7. The third kappa shape index (κ3) is 2.57. The molecule has 3 aromatic rings. The minimum atomic E-state index is 0.0969. The summed E-state index contributed by atoms with van der Waals surface area (Å²) in [5.74, 6) is 0. The van der Waals surface area contributed by atoms with Gasteiger partial charge in [0.25, 0.3) is 0 Å². The summed E-state index contributed by atoms with van der Waals surface area (Å²) in [6, 6.07) is 12.5. The van der Waals surface area contributed by atoms with Gasteiger partial charge in [-0.15, -0.1) is 11.3 Å². The number of hydrogen-bond donors (Lipinski definition) is 1. The molecule has 2 heterocycles. The van der Waals surface area contributed by atoms with Crippen LogP contribution in [0.4, 0.5) is 0 Å². The molecule has 2 nitrogen and oxygen atoms in total. The van der Waals surface area contributed by atoms with Crippen LogP contribution in [-0.4, -0.2) is 11.5 Å². The Balaban J connectivity index is 2.10. The highest BCUT2D eigenvalue weighted by atomic mass is 35.5. The third-order valence-corrected chi connectivity index (χ3v) is 4.48. The van der Waals surface area contributed by atoms with Crippen molar-refractivity contribution in [2.75, 3.05) is 6.54 Å². The summed E-state index contributed by atoms with van der Waals surface area (Å²) in [6.45, 7) is 2.99. The number of fused-ring (bicyclic) bond motifs is 1. The summed E-state index contributed by atoms with van der Waals surface area (Å²) in [5.41, 5.74) is 2.27. The van der Waals surface area contributed by atoms with Crippen molar-refractivity contribution in [1.29, 1.82) is 0 Å². The molecule has 4 heteroatoms. The van der Waals surface area contributed by atoms with Gasteiger partial charge in [0.15, 0.2) is 0 Å². The van der Waals surface area contributed by atoms with Gasteiger partial charge in [-0.2, -0.15) is 0 Å². The maximum atomic E-state index is 5.94. The molecule has 0 aliphatic heterocycles. The fraction of sp³-hybridized carbons (Fsp3) is 0.188. The van der Waals surface area contributed by atoms with Crippen LogP contribution >= 0.6 is 22.9 Å². The van der Waals surface area contributed by atoms with Gasteiger partial charge >= 0.3 is 0 Å². The second kappa shape index (κ2) is 5.92. The van der Waals surface area contributed by atoms with E-state index in [1.54, 1.807) is 17.5 Å². The van der Waals surface area contributed by atoms with Gasteiger partial charge in [0.2, 0.25) is 0 Å². The zero-order valence-electron chi connectivity index (χ0n) is 11.1. The quantitative estimate of drug-likeness (QED) is 0.759. The van der Waals surface area contributed by atoms with Gasteiger partial charge in [-0.1, -0.05) is 36.7 Å². The molecule has 0 saturated carbocycles. The molecular weight excluding hydrogens is 288 g/mol. The molecule has 0 spiro atoms. The van der Waals surface area contributed by atoms with Crippen molar-refractivity contribution in [3.8, 4) is 0 Å². The lowest BCUT2D eigenvalue weighted by Gasteiger charge is -2.18. The summed E-state index contributed by atoms with van der Waals surface area (Å²) in [4.78, 5) is 4.47. The minimum absolute atomic E-state index is 0.0969. The number of benzene rings is 1. The number of nitrogens with zero attached hydrogens (tertiary/aromatic N) is 1. The number of pyridine rings is 1. The summed E-state index contributed by atoms with van der Waals surface area (Å²) in [7, 11) is 0. The van der Waals surface area contributed by atoms with E-state index in [1.807, 2.05) is 12.1 Å². The maximum Gasteiger partial charge on any atom is 0.0765 e. The second-order valence-electron chi connectivity index (χ2n) is 4.58. The van der Waals surface area contributed by atoms with Crippen molar-refractivity contribution in [2.24, 2.45) is 0 Å². The first-order valence-corrected chi connectivity index (χ1v) is 7.86. The van der Waals surface area contributed by atoms with E-state index in [2.05, 4.69) is 46.9 Å². The third-order valence-electron chi connectivity index (χ3n) is 3.27. The highest BCUT2D eigenvalue weighted by molar-refractivity contribution is 7.17.